The van der Waals surface area contributed by atoms with Crippen molar-refractivity contribution in [3.8, 4) is 16.9 Å². The third kappa shape index (κ3) is 2.09. The monoisotopic (exact) mass is 265 g/mol. The molecule has 2 aromatic rings. The van der Waals surface area contributed by atoms with Crippen LogP contribution < -0.4 is 10.5 Å². The summed E-state index contributed by atoms with van der Waals surface area (Å²) in [6, 6.07) is 5.53. The molecule has 4 nitrogen and oxygen atoms in total. The van der Waals surface area contributed by atoms with Gasteiger partial charge < -0.3 is 10.5 Å². The average Bonchev–Trinajstić information content (AvgIpc) is 2.63. The van der Waals surface area contributed by atoms with Crippen LogP contribution in [-0.2, 0) is 13.6 Å². The first-order valence-corrected chi connectivity index (χ1v) is 6.02. The fourth-order valence-electron chi connectivity index (χ4n) is 2.17. The molecule has 0 saturated carbocycles. The van der Waals surface area contributed by atoms with Crippen LogP contribution >= 0.6 is 11.6 Å². The summed E-state index contributed by atoms with van der Waals surface area (Å²) in [5, 5.41) is 5.07. The van der Waals surface area contributed by atoms with Crippen LogP contribution in [0, 0.1) is 6.92 Å². The van der Waals surface area contributed by atoms with Crippen molar-refractivity contribution in [2.45, 2.75) is 13.5 Å². The first kappa shape index (κ1) is 12.9. The summed E-state index contributed by atoms with van der Waals surface area (Å²) in [5.41, 5.74) is 9.60. The van der Waals surface area contributed by atoms with Crippen LogP contribution in [0.2, 0.25) is 5.02 Å². The Balaban J connectivity index is 2.71. The molecule has 2 N–H and O–H groups in total. The molecule has 0 atom stereocenters. The summed E-state index contributed by atoms with van der Waals surface area (Å²) >= 11 is 6.06. The highest BCUT2D eigenvalue weighted by Crippen LogP contribution is 2.36. The van der Waals surface area contributed by atoms with Crippen molar-refractivity contribution in [2.24, 2.45) is 12.8 Å². The summed E-state index contributed by atoms with van der Waals surface area (Å²) in [6.07, 6.45) is 0. The van der Waals surface area contributed by atoms with Gasteiger partial charge in [0.15, 0.2) is 0 Å². The largest absolute Gasteiger partial charge is 0.496 e. The van der Waals surface area contributed by atoms with Crippen molar-refractivity contribution in [3.63, 3.8) is 0 Å². The topological polar surface area (TPSA) is 53.1 Å². The minimum absolute atomic E-state index is 0.419. The molecule has 0 amide bonds. The van der Waals surface area contributed by atoms with Crippen LogP contribution in [-0.4, -0.2) is 16.9 Å². The molecule has 0 radical (unpaired) electrons. The summed E-state index contributed by atoms with van der Waals surface area (Å²) in [6.45, 7) is 2.37. The van der Waals surface area contributed by atoms with Crippen molar-refractivity contribution in [1.29, 1.82) is 0 Å². The number of ether oxygens (including phenoxy) is 1. The zero-order chi connectivity index (χ0) is 13.3. The van der Waals surface area contributed by atoms with Gasteiger partial charge >= 0.3 is 0 Å². The number of hydrogen-bond donors (Lipinski definition) is 1. The zero-order valence-corrected chi connectivity index (χ0v) is 11.5. The molecule has 0 aliphatic carbocycles. The van der Waals surface area contributed by atoms with E-state index in [-0.39, 0.29) is 0 Å². The fourth-order valence-corrected chi connectivity index (χ4v) is 2.34. The van der Waals surface area contributed by atoms with Crippen LogP contribution in [0.1, 0.15) is 11.4 Å². The van der Waals surface area contributed by atoms with Gasteiger partial charge in [0, 0.05) is 29.7 Å². The Hall–Kier alpha value is -1.52. The maximum absolute atomic E-state index is 6.06. The highest BCUT2D eigenvalue weighted by molar-refractivity contribution is 6.31. The molecule has 5 heteroatoms. The van der Waals surface area contributed by atoms with E-state index in [1.165, 1.54) is 0 Å². The van der Waals surface area contributed by atoms with Gasteiger partial charge in [-0.3, -0.25) is 4.68 Å². The van der Waals surface area contributed by atoms with Crippen molar-refractivity contribution in [2.75, 3.05) is 7.11 Å². The number of aromatic nitrogens is 2. The lowest BCUT2D eigenvalue weighted by Gasteiger charge is -2.10. The normalized spacial score (nSPS) is 10.7. The molecular weight excluding hydrogens is 250 g/mol. The van der Waals surface area contributed by atoms with E-state index in [0.717, 1.165) is 28.3 Å². The van der Waals surface area contributed by atoms with Gasteiger partial charge in [0.05, 0.1) is 18.5 Å². The number of methoxy groups -OCH3 is 1. The number of nitrogens with two attached hydrogens (primary N) is 1. The molecule has 0 fully saturated rings. The number of benzene rings is 1. The van der Waals surface area contributed by atoms with Gasteiger partial charge in [-0.2, -0.15) is 5.10 Å². The summed E-state index contributed by atoms with van der Waals surface area (Å²) in [7, 11) is 3.52. The van der Waals surface area contributed by atoms with Gasteiger partial charge in [-0.1, -0.05) is 11.6 Å². The third-order valence-electron chi connectivity index (χ3n) is 2.97. The van der Waals surface area contributed by atoms with E-state index in [1.807, 2.05) is 26.1 Å². The van der Waals surface area contributed by atoms with E-state index in [9.17, 15) is 0 Å². The van der Waals surface area contributed by atoms with Crippen LogP contribution in [0.15, 0.2) is 18.2 Å². The highest BCUT2D eigenvalue weighted by atomic mass is 35.5. The predicted octanol–water partition coefficient (Wildman–Crippen LogP) is 2.52. The molecule has 0 aliphatic heterocycles. The lowest BCUT2D eigenvalue weighted by atomic mass is 10.0. The zero-order valence-electron chi connectivity index (χ0n) is 10.7. The SMILES string of the molecule is COc1ccc(Cl)cc1-c1c(C)nn(C)c1CN. The van der Waals surface area contributed by atoms with Gasteiger partial charge in [-0.25, -0.2) is 0 Å². The molecule has 96 valence electrons. The van der Waals surface area contributed by atoms with Crippen molar-refractivity contribution in [1.82, 2.24) is 9.78 Å². The van der Waals surface area contributed by atoms with Crippen molar-refractivity contribution < 1.29 is 4.74 Å². The summed E-state index contributed by atoms with van der Waals surface area (Å²) < 4.78 is 7.18. The first-order chi connectivity index (χ1) is 8.58. The standard InChI is InChI=1S/C13H16ClN3O/c1-8-13(11(7-15)17(2)16-8)10-6-9(14)4-5-12(10)18-3/h4-6H,7,15H2,1-3H3. The third-order valence-corrected chi connectivity index (χ3v) is 3.20. The summed E-state index contributed by atoms with van der Waals surface area (Å²) in [4.78, 5) is 0. The van der Waals surface area contributed by atoms with E-state index < -0.39 is 0 Å². The second-order valence-electron chi connectivity index (χ2n) is 4.08. The second-order valence-corrected chi connectivity index (χ2v) is 4.52. The van der Waals surface area contributed by atoms with E-state index in [0.29, 0.717) is 11.6 Å². The number of rotatable bonds is 3. The van der Waals surface area contributed by atoms with E-state index in [2.05, 4.69) is 5.10 Å². The number of aryl methyl sites for hydroxylation is 2. The van der Waals surface area contributed by atoms with Crippen LogP contribution in [0.3, 0.4) is 0 Å². The fraction of sp³-hybridized carbons (Fsp3) is 0.308. The van der Waals surface area contributed by atoms with Crippen molar-refractivity contribution >= 4 is 11.6 Å². The Bertz CT molecular complexity index is 578. The van der Waals surface area contributed by atoms with Gasteiger partial charge in [0.25, 0.3) is 0 Å². The smallest absolute Gasteiger partial charge is 0.126 e. The lowest BCUT2D eigenvalue weighted by molar-refractivity contribution is 0.416. The number of halogens is 1. The molecular formula is C13H16ClN3O. The summed E-state index contributed by atoms with van der Waals surface area (Å²) in [5.74, 6) is 0.769. The van der Waals surface area contributed by atoms with E-state index in [1.54, 1.807) is 17.9 Å². The Labute approximate surface area is 111 Å². The maximum Gasteiger partial charge on any atom is 0.126 e. The number of hydrogen-bond acceptors (Lipinski definition) is 3. The van der Waals surface area contributed by atoms with Gasteiger partial charge in [-0.15, -0.1) is 0 Å². The number of nitrogens with zero attached hydrogens (tertiary/aromatic N) is 2. The molecule has 1 heterocycles. The molecule has 1 aromatic carbocycles. The van der Waals surface area contributed by atoms with Gasteiger partial charge in [0.2, 0.25) is 0 Å². The van der Waals surface area contributed by atoms with Gasteiger partial charge in [0.1, 0.15) is 5.75 Å². The Morgan fingerprint density at radius 3 is 2.78 bits per heavy atom. The second kappa shape index (κ2) is 5.00. The molecule has 0 spiro atoms. The van der Waals surface area contributed by atoms with Crippen molar-refractivity contribution in [3.05, 3.63) is 34.6 Å². The molecule has 0 unspecified atom stereocenters. The molecule has 1 aromatic heterocycles. The minimum atomic E-state index is 0.419. The van der Waals surface area contributed by atoms with Crippen LogP contribution in [0.25, 0.3) is 11.1 Å². The first-order valence-electron chi connectivity index (χ1n) is 5.65. The molecule has 0 bridgehead atoms. The van der Waals surface area contributed by atoms with Gasteiger partial charge in [-0.05, 0) is 25.1 Å². The Morgan fingerprint density at radius 2 is 2.17 bits per heavy atom. The molecule has 2 rings (SSSR count). The van der Waals surface area contributed by atoms with Crippen LogP contribution in [0.4, 0.5) is 0 Å². The Kier molecular flexibility index (Phi) is 3.59. The maximum atomic E-state index is 6.06. The predicted molar refractivity (Wildman–Crippen MR) is 72.8 cm³/mol. The van der Waals surface area contributed by atoms with E-state index in [4.69, 9.17) is 22.1 Å². The molecule has 0 aliphatic rings. The van der Waals surface area contributed by atoms with E-state index >= 15 is 0 Å². The highest BCUT2D eigenvalue weighted by Gasteiger charge is 2.17. The molecule has 0 saturated heterocycles. The molecule has 18 heavy (non-hydrogen) atoms. The Morgan fingerprint density at radius 1 is 1.44 bits per heavy atom. The minimum Gasteiger partial charge on any atom is -0.496 e. The average molecular weight is 266 g/mol. The van der Waals surface area contributed by atoms with Crippen LogP contribution in [0.5, 0.6) is 5.75 Å². The quantitative estimate of drug-likeness (QED) is 0.928. The lowest BCUT2D eigenvalue weighted by Crippen LogP contribution is -2.05.